The van der Waals surface area contributed by atoms with Crippen LogP contribution in [-0.2, 0) is 19.6 Å². The molecular formula is C9H12Cl2CuO. The van der Waals surface area contributed by atoms with Crippen LogP contribution in [0.25, 0.3) is 0 Å². The fraction of sp³-hybridized carbons (Fsp3) is 0.333. The van der Waals surface area contributed by atoms with E-state index in [1.807, 2.05) is 18.2 Å². The van der Waals surface area contributed by atoms with Crippen LogP contribution in [0.5, 0.6) is 0 Å². The first kappa shape index (κ1) is 13.3. The molecule has 0 saturated carbocycles. The van der Waals surface area contributed by atoms with Crippen molar-refractivity contribution in [3.63, 3.8) is 0 Å². The molecule has 0 fully saturated rings. The Balaban J connectivity index is 0.000000424. The van der Waals surface area contributed by atoms with Crippen molar-refractivity contribution < 1.29 is 18.2 Å². The van der Waals surface area contributed by atoms with Crippen molar-refractivity contribution in [2.45, 2.75) is 12.8 Å². The van der Waals surface area contributed by atoms with Gasteiger partial charge >= 0.3 is 33.3 Å². The van der Waals surface area contributed by atoms with Crippen molar-refractivity contribution in [3.8, 4) is 0 Å². The van der Waals surface area contributed by atoms with Gasteiger partial charge in [0.25, 0.3) is 0 Å². The molecule has 1 aromatic carbocycles. The van der Waals surface area contributed by atoms with Crippen LogP contribution in [-0.4, -0.2) is 11.7 Å². The van der Waals surface area contributed by atoms with E-state index in [9.17, 15) is 0 Å². The summed E-state index contributed by atoms with van der Waals surface area (Å²) in [6.07, 6.45) is 1.85. The molecule has 0 unspecified atom stereocenters. The zero-order chi connectivity index (χ0) is 9.94. The third-order valence-electron chi connectivity index (χ3n) is 1.47. The molecule has 0 aromatic heterocycles. The number of aliphatic hydroxyl groups is 1. The molecule has 0 bridgehead atoms. The molecule has 1 aromatic rings. The quantitative estimate of drug-likeness (QED) is 0.837. The Morgan fingerprint density at radius 2 is 1.69 bits per heavy atom. The summed E-state index contributed by atoms with van der Waals surface area (Å²) in [6, 6.07) is 10.2. The molecule has 0 spiro atoms. The Kier molecular flexibility index (Phi) is 10.6. The van der Waals surface area contributed by atoms with Crippen molar-refractivity contribution in [3.05, 3.63) is 35.9 Å². The molecule has 0 aliphatic rings. The zero-order valence-corrected chi connectivity index (χ0v) is 9.47. The van der Waals surface area contributed by atoms with E-state index in [2.05, 4.69) is 32.3 Å². The molecule has 1 nitrogen and oxygen atoms in total. The summed E-state index contributed by atoms with van der Waals surface area (Å²) < 4.78 is 0. The Morgan fingerprint density at radius 1 is 1.15 bits per heavy atom. The maximum atomic E-state index is 8.53. The van der Waals surface area contributed by atoms with Crippen LogP contribution in [0, 0.1) is 0 Å². The van der Waals surface area contributed by atoms with Gasteiger partial charge in [-0.1, -0.05) is 30.3 Å². The first-order valence-corrected chi connectivity index (χ1v) is 6.40. The number of benzene rings is 1. The summed E-state index contributed by atoms with van der Waals surface area (Å²) in [5.74, 6) is 0. The summed E-state index contributed by atoms with van der Waals surface area (Å²) >= 11 is 0.757. The Labute approximate surface area is 93.7 Å². The van der Waals surface area contributed by atoms with E-state index in [0.29, 0.717) is 0 Å². The molecule has 1 N–H and O–H groups in total. The Bertz CT molecular complexity index is 194. The number of hydrogen-bond donors (Lipinski definition) is 1. The van der Waals surface area contributed by atoms with Crippen LogP contribution in [0.3, 0.4) is 0 Å². The molecular weight excluding hydrogens is 259 g/mol. The average molecular weight is 271 g/mol. The van der Waals surface area contributed by atoms with E-state index >= 15 is 0 Å². The molecule has 0 atom stereocenters. The number of halogens is 2. The monoisotopic (exact) mass is 269 g/mol. The van der Waals surface area contributed by atoms with Crippen LogP contribution in [0.1, 0.15) is 12.0 Å². The molecule has 0 radical (unpaired) electrons. The van der Waals surface area contributed by atoms with Crippen molar-refractivity contribution in [2.75, 3.05) is 6.61 Å². The number of rotatable bonds is 3. The third-order valence-corrected chi connectivity index (χ3v) is 1.47. The van der Waals surface area contributed by atoms with Gasteiger partial charge in [-0.05, 0) is 18.4 Å². The van der Waals surface area contributed by atoms with Gasteiger partial charge in [0.2, 0.25) is 0 Å². The van der Waals surface area contributed by atoms with Crippen molar-refractivity contribution in [2.24, 2.45) is 0 Å². The van der Waals surface area contributed by atoms with Crippen LogP contribution in [0.2, 0.25) is 0 Å². The van der Waals surface area contributed by atoms with Gasteiger partial charge in [0.05, 0.1) is 0 Å². The molecule has 0 amide bonds. The van der Waals surface area contributed by atoms with Crippen LogP contribution in [0.15, 0.2) is 30.3 Å². The van der Waals surface area contributed by atoms with E-state index in [1.54, 1.807) is 0 Å². The molecule has 0 aliphatic heterocycles. The topological polar surface area (TPSA) is 20.2 Å². The van der Waals surface area contributed by atoms with Gasteiger partial charge in [-0.15, -0.1) is 0 Å². The second-order valence-electron chi connectivity index (χ2n) is 2.36. The second kappa shape index (κ2) is 10.4. The van der Waals surface area contributed by atoms with Crippen molar-refractivity contribution >= 4 is 20.2 Å². The van der Waals surface area contributed by atoms with Crippen LogP contribution < -0.4 is 0 Å². The minimum atomic E-state index is 0.287. The Hall–Kier alpha value is 0.279. The first-order chi connectivity index (χ1) is 6.35. The standard InChI is InChI=1S/C9H12O.2ClH.Cu/c10-8-4-7-9-5-2-1-3-6-9;;;/h1-3,5-6,10H,4,7-8H2;2*1H;/q;;;+2/p-2. The van der Waals surface area contributed by atoms with Crippen LogP contribution >= 0.6 is 20.2 Å². The summed E-state index contributed by atoms with van der Waals surface area (Å²) in [6.45, 7) is 0.287. The summed E-state index contributed by atoms with van der Waals surface area (Å²) in [4.78, 5) is 0. The van der Waals surface area contributed by atoms with Crippen molar-refractivity contribution in [1.29, 1.82) is 0 Å². The fourth-order valence-electron chi connectivity index (χ4n) is 0.928. The minimum absolute atomic E-state index is 0.287. The number of hydrogen-bond acceptors (Lipinski definition) is 1. The van der Waals surface area contributed by atoms with Gasteiger partial charge in [0.15, 0.2) is 0 Å². The predicted molar refractivity (Wildman–Crippen MR) is 53.6 cm³/mol. The fourth-order valence-corrected chi connectivity index (χ4v) is 0.928. The van der Waals surface area contributed by atoms with Gasteiger partial charge in [0.1, 0.15) is 0 Å². The zero-order valence-electron chi connectivity index (χ0n) is 7.01. The average Bonchev–Trinajstić information content (AvgIpc) is 2.18. The van der Waals surface area contributed by atoms with Gasteiger partial charge in [-0.25, -0.2) is 0 Å². The van der Waals surface area contributed by atoms with Crippen molar-refractivity contribution in [1.82, 2.24) is 0 Å². The predicted octanol–water partition coefficient (Wildman–Crippen LogP) is 2.99. The Morgan fingerprint density at radius 3 is 2.15 bits per heavy atom. The molecule has 79 valence electrons. The van der Waals surface area contributed by atoms with E-state index in [4.69, 9.17) is 5.11 Å². The van der Waals surface area contributed by atoms with Gasteiger partial charge < -0.3 is 5.11 Å². The first-order valence-electron chi connectivity index (χ1n) is 3.81. The SMILES string of the molecule is OCCCc1ccccc1.[Cl][Cu][Cl]. The molecule has 13 heavy (non-hydrogen) atoms. The molecule has 1 rings (SSSR count). The second-order valence-corrected chi connectivity index (χ2v) is 3.91. The summed E-state index contributed by atoms with van der Waals surface area (Å²) in [5.41, 5.74) is 1.30. The van der Waals surface area contributed by atoms with Gasteiger partial charge in [-0.2, -0.15) is 0 Å². The third kappa shape index (κ3) is 8.61. The number of aliphatic hydroxyl groups excluding tert-OH is 1. The van der Waals surface area contributed by atoms with E-state index in [-0.39, 0.29) is 6.61 Å². The summed E-state index contributed by atoms with van der Waals surface area (Å²) in [7, 11) is 9.34. The van der Waals surface area contributed by atoms with E-state index in [1.165, 1.54) is 5.56 Å². The molecule has 0 heterocycles. The van der Waals surface area contributed by atoms with Gasteiger partial charge in [0, 0.05) is 6.61 Å². The van der Waals surface area contributed by atoms with Crippen LogP contribution in [0.4, 0.5) is 0 Å². The summed E-state index contributed by atoms with van der Waals surface area (Å²) in [5, 5.41) is 8.53. The van der Waals surface area contributed by atoms with E-state index < -0.39 is 0 Å². The van der Waals surface area contributed by atoms with Gasteiger partial charge in [-0.3, -0.25) is 0 Å². The molecule has 0 saturated heterocycles. The van der Waals surface area contributed by atoms with E-state index in [0.717, 1.165) is 26.0 Å². The molecule has 4 heteroatoms. The normalized spacial score (nSPS) is 9.15. The molecule has 0 aliphatic carbocycles. The maximum absolute atomic E-state index is 8.53. The number of aryl methyl sites for hydroxylation is 1.